The molecule has 2 aromatic rings. The van der Waals surface area contributed by atoms with Gasteiger partial charge in [0.1, 0.15) is 11.5 Å². The fraction of sp³-hybridized carbons (Fsp3) is 0.318. The van der Waals surface area contributed by atoms with Gasteiger partial charge in [0.15, 0.2) is 17.3 Å². The van der Waals surface area contributed by atoms with Crippen LogP contribution in [0.4, 0.5) is 0 Å². The summed E-state index contributed by atoms with van der Waals surface area (Å²) in [4.78, 5) is 15.0. The molecule has 0 amide bonds. The van der Waals surface area contributed by atoms with E-state index in [9.17, 15) is 9.90 Å². The number of benzene rings is 2. The molecular weight excluding hydrogens is 374 g/mol. The number of Topliss-reactive ketones (excluding diaryl/α,β-unsaturated/α-hetero) is 1. The van der Waals surface area contributed by atoms with Gasteiger partial charge in [-0.15, -0.1) is 0 Å². The fourth-order valence-electron chi connectivity index (χ4n) is 3.43. The summed E-state index contributed by atoms with van der Waals surface area (Å²) in [5.41, 5.74) is 2.31. The van der Waals surface area contributed by atoms with E-state index in [0.717, 1.165) is 0 Å². The average Bonchev–Trinajstić information content (AvgIpc) is 3.01. The van der Waals surface area contributed by atoms with E-state index in [0.29, 0.717) is 51.8 Å². The van der Waals surface area contributed by atoms with Crippen LogP contribution >= 0.6 is 0 Å². The van der Waals surface area contributed by atoms with Crippen molar-refractivity contribution in [3.63, 3.8) is 0 Å². The van der Waals surface area contributed by atoms with E-state index in [2.05, 4.69) is 0 Å². The lowest BCUT2D eigenvalue weighted by molar-refractivity contribution is 0.101. The summed E-state index contributed by atoms with van der Waals surface area (Å²) in [5.74, 6) is 1.78. The summed E-state index contributed by atoms with van der Waals surface area (Å²) in [5, 5.41) is 10.4. The molecule has 7 heteroatoms. The summed E-state index contributed by atoms with van der Waals surface area (Å²) < 4.78 is 22.1. The second-order valence-corrected chi connectivity index (χ2v) is 7.00. The second-order valence-electron chi connectivity index (χ2n) is 7.00. The molecule has 0 spiro atoms. The summed E-state index contributed by atoms with van der Waals surface area (Å²) in [7, 11) is 8.34. The van der Waals surface area contributed by atoms with Crippen LogP contribution < -0.4 is 18.9 Å². The number of fused-ring (bicyclic) bond motifs is 1. The number of carbonyl (C=O) groups is 1. The molecule has 0 aromatic heterocycles. The van der Waals surface area contributed by atoms with E-state index in [1.165, 1.54) is 21.3 Å². The lowest BCUT2D eigenvalue weighted by atomic mass is 9.99. The SMILES string of the molecule is COc1ccc(/C=C2\Oc3c(CN(C)C)c(O)cc(C)c3C2=O)c(OC)c1OC. The average molecular weight is 399 g/mol. The topological polar surface area (TPSA) is 77.5 Å². The normalized spacial score (nSPS) is 14.2. The summed E-state index contributed by atoms with van der Waals surface area (Å²) >= 11 is 0. The van der Waals surface area contributed by atoms with Crippen molar-refractivity contribution in [3.8, 4) is 28.7 Å². The van der Waals surface area contributed by atoms with Crippen LogP contribution in [0.15, 0.2) is 24.0 Å². The Balaban J connectivity index is 2.12. The van der Waals surface area contributed by atoms with Gasteiger partial charge in [0, 0.05) is 12.1 Å². The molecule has 0 fully saturated rings. The number of phenolic OH excluding ortho intramolecular Hbond substituents is 1. The maximum absolute atomic E-state index is 13.1. The van der Waals surface area contributed by atoms with Crippen LogP contribution in [0.2, 0.25) is 0 Å². The highest BCUT2D eigenvalue weighted by molar-refractivity contribution is 6.16. The van der Waals surface area contributed by atoms with Crippen LogP contribution in [-0.2, 0) is 6.54 Å². The number of methoxy groups -OCH3 is 3. The first kappa shape index (κ1) is 20.5. The van der Waals surface area contributed by atoms with Gasteiger partial charge in [-0.05, 0) is 50.9 Å². The van der Waals surface area contributed by atoms with E-state index >= 15 is 0 Å². The van der Waals surface area contributed by atoms with Crippen LogP contribution in [-0.4, -0.2) is 51.2 Å². The third-order valence-corrected chi connectivity index (χ3v) is 4.72. The highest BCUT2D eigenvalue weighted by Gasteiger charge is 2.33. The van der Waals surface area contributed by atoms with E-state index in [-0.39, 0.29) is 17.3 Å². The highest BCUT2D eigenvalue weighted by Crippen LogP contribution is 2.44. The zero-order valence-corrected chi connectivity index (χ0v) is 17.5. The van der Waals surface area contributed by atoms with Gasteiger partial charge in [-0.25, -0.2) is 0 Å². The first-order chi connectivity index (χ1) is 13.8. The highest BCUT2D eigenvalue weighted by atomic mass is 16.5. The molecule has 1 aliphatic heterocycles. The van der Waals surface area contributed by atoms with E-state index < -0.39 is 0 Å². The molecule has 0 bridgehead atoms. The lowest BCUT2D eigenvalue weighted by Crippen LogP contribution is -2.12. The number of nitrogens with zero attached hydrogens (tertiary/aromatic N) is 1. The third-order valence-electron chi connectivity index (χ3n) is 4.72. The molecule has 0 saturated heterocycles. The lowest BCUT2D eigenvalue weighted by Gasteiger charge is -2.15. The Hall–Kier alpha value is -3.19. The molecule has 29 heavy (non-hydrogen) atoms. The Morgan fingerprint density at radius 2 is 1.79 bits per heavy atom. The number of hydrogen-bond donors (Lipinski definition) is 1. The summed E-state index contributed by atoms with van der Waals surface area (Å²) in [6.07, 6.45) is 1.61. The molecule has 154 valence electrons. The second kappa shape index (κ2) is 8.05. The molecule has 0 radical (unpaired) electrons. The summed E-state index contributed by atoms with van der Waals surface area (Å²) in [6.45, 7) is 2.22. The van der Waals surface area contributed by atoms with Gasteiger partial charge < -0.3 is 29.0 Å². The number of phenols is 1. The van der Waals surface area contributed by atoms with Gasteiger partial charge in [0.2, 0.25) is 11.5 Å². The van der Waals surface area contributed by atoms with Crippen molar-refractivity contribution in [2.45, 2.75) is 13.5 Å². The van der Waals surface area contributed by atoms with Crippen LogP contribution in [0.25, 0.3) is 6.08 Å². The third kappa shape index (κ3) is 3.61. The number of ether oxygens (including phenoxy) is 4. The molecule has 1 heterocycles. The molecular formula is C22H25NO6. The van der Waals surface area contributed by atoms with Gasteiger partial charge in [-0.1, -0.05) is 0 Å². The number of rotatable bonds is 6. The summed E-state index contributed by atoms with van der Waals surface area (Å²) in [6, 6.07) is 5.09. The number of aromatic hydroxyl groups is 1. The predicted octanol–water partition coefficient (Wildman–Crippen LogP) is 3.40. The first-order valence-corrected chi connectivity index (χ1v) is 9.05. The van der Waals surface area contributed by atoms with Crippen molar-refractivity contribution >= 4 is 11.9 Å². The Morgan fingerprint density at radius 3 is 2.38 bits per heavy atom. The van der Waals surface area contributed by atoms with Crippen molar-refractivity contribution in [3.05, 3.63) is 46.2 Å². The molecule has 1 aliphatic rings. The minimum Gasteiger partial charge on any atom is -0.507 e. The zero-order chi connectivity index (χ0) is 21.3. The molecule has 3 rings (SSSR count). The van der Waals surface area contributed by atoms with Gasteiger partial charge >= 0.3 is 0 Å². The van der Waals surface area contributed by atoms with Crippen molar-refractivity contribution in [2.24, 2.45) is 0 Å². The van der Waals surface area contributed by atoms with Crippen LogP contribution in [0.5, 0.6) is 28.7 Å². The van der Waals surface area contributed by atoms with Crippen molar-refractivity contribution in [2.75, 3.05) is 35.4 Å². The quantitative estimate of drug-likeness (QED) is 0.746. The van der Waals surface area contributed by atoms with Crippen molar-refractivity contribution in [1.82, 2.24) is 4.90 Å². The Labute approximate surface area is 170 Å². The molecule has 1 N–H and O–H groups in total. The van der Waals surface area contributed by atoms with E-state index in [1.54, 1.807) is 31.2 Å². The molecule has 2 aromatic carbocycles. The number of allylic oxidation sites excluding steroid dienone is 1. The molecule has 7 nitrogen and oxygen atoms in total. The largest absolute Gasteiger partial charge is 0.507 e. The van der Waals surface area contributed by atoms with Crippen LogP contribution in [0, 0.1) is 6.92 Å². The van der Waals surface area contributed by atoms with Crippen molar-refractivity contribution < 1.29 is 28.8 Å². The molecule has 0 unspecified atom stereocenters. The van der Waals surface area contributed by atoms with Crippen LogP contribution in [0.1, 0.15) is 27.0 Å². The monoisotopic (exact) mass is 399 g/mol. The standard InChI is InChI=1S/C22H25NO6/c1-12-9-15(24)14(11-23(2)3)21-18(12)19(25)17(29-21)10-13-7-8-16(26-4)22(28-6)20(13)27-5/h7-10,24H,11H2,1-6H3/b17-10-. The van der Waals surface area contributed by atoms with Gasteiger partial charge in [0.05, 0.1) is 32.5 Å². The Kier molecular flexibility index (Phi) is 5.70. The Bertz CT molecular complexity index is 994. The van der Waals surface area contributed by atoms with Gasteiger partial charge in [-0.2, -0.15) is 0 Å². The molecule has 0 saturated carbocycles. The fourth-order valence-corrected chi connectivity index (χ4v) is 3.43. The molecule has 0 aliphatic carbocycles. The molecule has 0 atom stereocenters. The number of aryl methyl sites for hydroxylation is 1. The minimum absolute atomic E-state index is 0.104. The number of hydrogen-bond acceptors (Lipinski definition) is 7. The van der Waals surface area contributed by atoms with Crippen molar-refractivity contribution in [1.29, 1.82) is 0 Å². The zero-order valence-electron chi connectivity index (χ0n) is 17.5. The maximum atomic E-state index is 13.1. The van der Waals surface area contributed by atoms with E-state index in [1.807, 2.05) is 19.0 Å². The minimum atomic E-state index is -0.241. The number of carbonyl (C=O) groups excluding carboxylic acids is 1. The van der Waals surface area contributed by atoms with Crippen LogP contribution in [0.3, 0.4) is 0 Å². The Morgan fingerprint density at radius 1 is 1.10 bits per heavy atom. The maximum Gasteiger partial charge on any atom is 0.232 e. The first-order valence-electron chi connectivity index (χ1n) is 9.05. The van der Waals surface area contributed by atoms with Gasteiger partial charge in [0.25, 0.3) is 0 Å². The smallest absolute Gasteiger partial charge is 0.232 e. The number of ketones is 1. The predicted molar refractivity (Wildman–Crippen MR) is 109 cm³/mol. The van der Waals surface area contributed by atoms with Gasteiger partial charge in [-0.3, -0.25) is 4.79 Å². The van der Waals surface area contributed by atoms with E-state index in [4.69, 9.17) is 18.9 Å².